The van der Waals surface area contributed by atoms with Crippen LogP contribution >= 0.6 is 0 Å². The van der Waals surface area contributed by atoms with Crippen molar-refractivity contribution in [3.05, 3.63) is 47.3 Å². The van der Waals surface area contributed by atoms with Crippen molar-refractivity contribution in [3.8, 4) is 6.07 Å². The molecule has 4 atom stereocenters. The van der Waals surface area contributed by atoms with Gasteiger partial charge in [-0.05, 0) is 31.8 Å². The van der Waals surface area contributed by atoms with Crippen LogP contribution < -0.4 is 5.32 Å². The highest BCUT2D eigenvalue weighted by Gasteiger charge is 2.48. The largest absolute Gasteiger partial charge is 0.371 e. The number of hydrogen-bond acceptors (Lipinski definition) is 7. The molecule has 2 aliphatic rings. The molecule has 4 rings (SSSR count). The molecule has 1 aromatic carbocycles. The van der Waals surface area contributed by atoms with E-state index in [4.69, 9.17) is 14.7 Å². The second kappa shape index (κ2) is 7.74. The van der Waals surface area contributed by atoms with Gasteiger partial charge in [-0.25, -0.2) is 4.68 Å². The van der Waals surface area contributed by atoms with Crippen molar-refractivity contribution in [3.63, 3.8) is 0 Å². The van der Waals surface area contributed by atoms with Crippen LogP contribution in [0.5, 0.6) is 0 Å². The molecule has 0 spiro atoms. The Morgan fingerprint density at radius 1 is 1.30 bits per heavy atom. The predicted octanol–water partition coefficient (Wildman–Crippen LogP) is 0.708. The summed E-state index contributed by atoms with van der Waals surface area (Å²) in [6, 6.07) is 9.98. The van der Waals surface area contributed by atoms with Crippen LogP contribution in [0.1, 0.15) is 22.9 Å². The third kappa shape index (κ3) is 3.87. The third-order valence-corrected chi connectivity index (χ3v) is 5.03. The molecule has 0 aliphatic carbocycles. The van der Waals surface area contributed by atoms with Crippen molar-refractivity contribution in [1.82, 2.24) is 25.2 Å². The number of nitrogens with zero attached hydrogens (tertiary/aromatic N) is 5. The molecule has 1 N–H and O–H groups in total. The number of ether oxygens (including phenoxy) is 2. The van der Waals surface area contributed by atoms with Crippen LogP contribution in [0.25, 0.3) is 0 Å². The first-order valence-corrected chi connectivity index (χ1v) is 9.15. The predicted molar refractivity (Wildman–Crippen MR) is 97.7 cm³/mol. The molecule has 142 valence electrons. The molecular weight excluding hydrogens is 344 g/mol. The Labute approximate surface area is 158 Å². The zero-order valence-corrected chi connectivity index (χ0v) is 15.6. The Morgan fingerprint density at radius 3 is 2.96 bits per heavy atom. The zero-order chi connectivity index (χ0) is 18.8. The quantitative estimate of drug-likeness (QED) is 0.803. The summed E-state index contributed by atoms with van der Waals surface area (Å²) in [6.45, 7) is 2.61. The Bertz CT molecular complexity index is 830. The molecular formula is C19H24N6O2. The summed E-state index contributed by atoms with van der Waals surface area (Å²) in [6.07, 6.45) is 1.95. The molecule has 4 unspecified atom stereocenters. The highest BCUT2D eigenvalue weighted by Crippen LogP contribution is 2.34. The number of rotatable bonds is 6. The Morgan fingerprint density at radius 2 is 2.15 bits per heavy atom. The molecule has 0 amide bonds. The molecule has 8 nitrogen and oxygen atoms in total. The van der Waals surface area contributed by atoms with Crippen molar-refractivity contribution in [1.29, 1.82) is 5.26 Å². The van der Waals surface area contributed by atoms with Crippen molar-refractivity contribution < 1.29 is 9.47 Å². The molecule has 1 aromatic heterocycles. The molecule has 27 heavy (non-hydrogen) atoms. The first-order valence-electron chi connectivity index (χ1n) is 9.15. The van der Waals surface area contributed by atoms with E-state index < -0.39 is 0 Å². The molecule has 2 fully saturated rings. The van der Waals surface area contributed by atoms with Gasteiger partial charge in [0.2, 0.25) is 0 Å². The second-order valence-electron chi connectivity index (χ2n) is 7.39. The van der Waals surface area contributed by atoms with Crippen molar-refractivity contribution in [2.75, 3.05) is 27.3 Å². The number of benzene rings is 1. The van der Waals surface area contributed by atoms with E-state index in [2.05, 4.69) is 26.6 Å². The summed E-state index contributed by atoms with van der Waals surface area (Å²) < 4.78 is 14.0. The third-order valence-electron chi connectivity index (χ3n) is 5.03. The van der Waals surface area contributed by atoms with Gasteiger partial charge in [0, 0.05) is 13.1 Å². The molecule has 2 saturated heterocycles. The first-order chi connectivity index (χ1) is 13.1. The molecule has 0 bridgehead atoms. The standard InChI is InChI=1S/C19H24N6O2/c1-24(2)9-15-10-25(23-22-15)17-12-27-18-16(11-26-19(17)18)21-8-14-5-3-4-13(6-14)7-20/h3-6,10,16-19,21H,8-9,11-12H2,1-2H3. The van der Waals surface area contributed by atoms with Gasteiger partial charge < -0.3 is 19.7 Å². The van der Waals surface area contributed by atoms with Crippen LogP contribution in [-0.4, -0.2) is 65.5 Å². The lowest BCUT2D eigenvalue weighted by Gasteiger charge is -2.18. The van der Waals surface area contributed by atoms with E-state index in [1.54, 1.807) is 0 Å². The van der Waals surface area contributed by atoms with Crippen LogP contribution in [0.15, 0.2) is 30.5 Å². The Balaban J connectivity index is 1.37. The summed E-state index contributed by atoms with van der Waals surface area (Å²) in [5, 5.41) is 21.1. The van der Waals surface area contributed by atoms with Crippen LogP contribution in [0.4, 0.5) is 0 Å². The van der Waals surface area contributed by atoms with Crippen LogP contribution in [-0.2, 0) is 22.6 Å². The molecule has 8 heteroatoms. The first kappa shape index (κ1) is 18.1. The van der Waals surface area contributed by atoms with Gasteiger partial charge in [-0.15, -0.1) is 5.10 Å². The van der Waals surface area contributed by atoms with Crippen LogP contribution in [0.3, 0.4) is 0 Å². The topological polar surface area (TPSA) is 88.2 Å². The zero-order valence-electron chi connectivity index (χ0n) is 15.6. The summed E-state index contributed by atoms with van der Waals surface area (Å²) in [5.41, 5.74) is 2.69. The van der Waals surface area contributed by atoms with Crippen LogP contribution in [0, 0.1) is 11.3 Å². The normalized spacial score (nSPS) is 27.0. The van der Waals surface area contributed by atoms with Gasteiger partial charge in [0.05, 0.1) is 42.8 Å². The fraction of sp³-hybridized carbons (Fsp3) is 0.526. The summed E-state index contributed by atoms with van der Waals surface area (Å²) in [7, 11) is 4.02. The van der Waals surface area contributed by atoms with E-state index >= 15 is 0 Å². The Hall–Kier alpha value is -2.31. The summed E-state index contributed by atoms with van der Waals surface area (Å²) in [4.78, 5) is 2.07. The smallest absolute Gasteiger partial charge is 0.110 e. The molecule has 0 saturated carbocycles. The number of aromatic nitrogens is 3. The van der Waals surface area contributed by atoms with Crippen molar-refractivity contribution in [2.45, 2.75) is 37.4 Å². The lowest BCUT2D eigenvalue weighted by molar-refractivity contribution is 0.0619. The van der Waals surface area contributed by atoms with E-state index in [9.17, 15) is 0 Å². The maximum absolute atomic E-state index is 9.03. The fourth-order valence-corrected chi connectivity index (χ4v) is 3.75. The summed E-state index contributed by atoms with van der Waals surface area (Å²) in [5.74, 6) is 0. The minimum Gasteiger partial charge on any atom is -0.371 e. The van der Waals surface area contributed by atoms with Gasteiger partial charge in [0.1, 0.15) is 18.2 Å². The highest BCUT2D eigenvalue weighted by atomic mass is 16.6. The second-order valence-corrected chi connectivity index (χ2v) is 7.39. The van der Waals surface area contributed by atoms with Gasteiger partial charge in [0.25, 0.3) is 0 Å². The maximum Gasteiger partial charge on any atom is 0.110 e. The van der Waals surface area contributed by atoms with E-state index in [1.165, 1.54) is 0 Å². The van der Waals surface area contributed by atoms with Gasteiger partial charge in [-0.3, -0.25) is 0 Å². The van der Waals surface area contributed by atoms with E-state index in [0.29, 0.717) is 25.3 Å². The average molecular weight is 368 g/mol. The molecule has 2 aliphatic heterocycles. The fourth-order valence-electron chi connectivity index (χ4n) is 3.75. The molecule has 3 heterocycles. The van der Waals surface area contributed by atoms with Crippen LogP contribution in [0.2, 0.25) is 0 Å². The van der Waals surface area contributed by atoms with E-state index in [0.717, 1.165) is 17.8 Å². The number of hydrogen-bond donors (Lipinski definition) is 1. The summed E-state index contributed by atoms with van der Waals surface area (Å²) >= 11 is 0. The van der Waals surface area contributed by atoms with Gasteiger partial charge in [-0.2, -0.15) is 5.26 Å². The minimum atomic E-state index is -0.0261. The maximum atomic E-state index is 9.03. The molecule has 2 aromatic rings. The minimum absolute atomic E-state index is 0.00403. The number of fused-ring (bicyclic) bond motifs is 1. The van der Waals surface area contributed by atoms with Gasteiger partial charge >= 0.3 is 0 Å². The Kier molecular flexibility index (Phi) is 5.18. The van der Waals surface area contributed by atoms with E-state index in [-0.39, 0.29) is 24.3 Å². The number of nitrogens with one attached hydrogen (secondary N) is 1. The molecule has 0 radical (unpaired) electrons. The van der Waals surface area contributed by atoms with Crippen molar-refractivity contribution >= 4 is 0 Å². The lowest BCUT2D eigenvalue weighted by Crippen LogP contribution is -2.40. The highest BCUT2D eigenvalue weighted by molar-refractivity contribution is 5.32. The van der Waals surface area contributed by atoms with Gasteiger partial charge in [0.15, 0.2) is 0 Å². The van der Waals surface area contributed by atoms with Gasteiger partial charge in [-0.1, -0.05) is 17.3 Å². The van der Waals surface area contributed by atoms with Crippen molar-refractivity contribution in [2.24, 2.45) is 0 Å². The monoisotopic (exact) mass is 368 g/mol. The average Bonchev–Trinajstić information content (AvgIpc) is 3.36. The SMILES string of the molecule is CN(C)Cc1cn(C2COC3C(NCc4cccc(C#N)c4)COC32)nn1. The number of nitriles is 1. The lowest BCUT2D eigenvalue weighted by atomic mass is 10.1. The van der Waals surface area contributed by atoms with E-state index in [1.807, 2.05) is 49.2 Å².